The molecule has 1 aromatic heterocycles. The van der Waals surface area contributed by atoms with Crippen molar-refractivity contribution in [2.24, 2.45) is 0 Å². The molecule has 140 valence electrons. The molecule has 0 saturated carbocycles. The van der Waals surface area contributed by atoms with Crippen LogP contribution in [0.5, 0.6) is 0 Å². The molecule has 0 radical (unpaired) electrons. The number of aryl methyl sites for hydroxylation is 2. The number of benzene rings is 2. The van der Waals surface area contributed by atoms with Crippen LogP contribution in [-0.4, -0.2) is 15.9 Å². The van der Waals surface area contributed by atoms with Crippen molar-refractivity contribution in [1.82, 2.24) is 9.97 Å². The van der Waals surface area contributed by atoms with Gasteiger partial charge in [-0.25, -0.2) is 9.97 Å². The molecule has 0 bridgehead atoms. The van der Waals surface area contributed by atoms with Gasteiger partial charge in [-0.2, -0.15) is 5.26 Å². The molecule has 0 saturated heterocycles. The normalized spacial score (nSPS) is 10.2. The molecule has 6 nitrogen and oxygen atoms in total. The molecule has 6 heteroatoms. The third-order valence-corrected chi connectivity index (χ3v) is 4.40. The molecule has 1 amide bonds. The minimum Gasteiger partial charge on any atom is -0.324 e. The summed E-state index contributed by atoms with van der Waals surface area (Å²) >= 11 is 0. The lowest BCUT2D eigenvalue weighted by atomic mass is 10.0. The van der Waals surface area contributed by atoms with Gasteiger partial charge in [0.05, 0.1) is 17.2 Å². The zero-order valence-electron chi connectivity index (χ0n) is 15.9. The van der Waals surface area contributed by atoms with Crippen LogP contribution < -0.4 is 10.6 Å². The van der Waals surface area contributed by atoms with Gasteiger partial charge < -0.3 is 10.6 Å². The number of carbonyl (C=O) groups is 1. The van der Waals surface area contributed by atoms with Gasteiger partial charge in [-0.3, -0.25) is 4.79 Å². The number of rotatable bonds is 6. The van der Waals surface area contributed by atoms with E-state index in [0.29, 0.717) is 22.8 Å². The molecule has 1 heterocycles. The number of para-hydroxylation sites is 1. The van der Waals surface area contributed by atoms with Crippen molar-refractivity contribution in [3.63, 3.8) is 0 Å². The van der Waals surface area contributed by atoms with Crippen molar-refractivity contribution in [3.05, 3.63) is 77.1 Å². The van der Waals surface area contributed by atoms with Gasteiger partial charge in [0.25, 0.3) is 5.91 Å². The molecule has 3 aromatic rings. The summed E-state index contributed by atoms with van der Waals surface area (Å²) in [6, 6.07) is 15.0. The monoisotopic (exact) mass is 371 g/mol. The fourth-order valence-corrected chi connectivity index (χ4v) is 2.89. The number of nitrogens with one attached hydrogen (secondary N) is 2. The zero-order valence-corrected chi connectivity index (χ0v) is 15.9. The van der Waals surface area contributed by atoms with E-state index in [1.807, 2.05) is 6.07 Å². The van der Waals surface area contributed by atoms with Crippen molar-refractivity contribution in [3.8, 4) is 6.07 Å². The number of nitrogens with zero attached hydrogens (tertiary/aromatic N) is 3. The van der Waals surface area contributed by atoms with Crippen molar-refractivity contribution >= 4 is 23.2 Å². The molecular formula is C22H21N5O. The first-order chi connectivity index (χ1) is 13.6. The molecule has 3 rings (SSSR count). The van der Waals surface area contributed by atoms with E-state index >= 15 is 0 Å². The first-order valence-corrected chi connectivity index (χ1v) is 9.16. The summed E-state index contributed by atoms with van der Waals surface area (Å²) in [6.45, 7) is 4.21. The second kappa shape index (κ2) is 8.78. The Labute approximate surface area is 164 Å². The highest BCUT2D eigenvalue weighted by atomic mass is 16.1. The Hall–Kier alpha value is -3.72. The molecule has 0 aliphatic carbocycles. The zero-order chi connectivity index (χ0) is 19.9. The van der Waals surface area contributed by atoms with E-state index in [-0.39, 0.29) is 5.91 Å². The van der Waals surface area contributed by atoms with Gasteiger partial charge in [-0.05, 0) is 42.2 Å². The van der Waals surface area contributed by atoms with E-state index in [9.17, 15) is 4.79 Å². The predicted octanol–water partition coefficient (Wildman–Crippen LogP) is 4.47. The smallest absolute Gasteiger partial charge is 0.258 e. The largest absolute Gasteiger partial charge is 0.324 e. The highest BCUT2D eigenvalue weighted by Crippen LogP contribution is 2.25. The number of carbonyl (C=O) groups excluding carboxylic acids is 1. The van der Waals surface area contributed by atoms with E-state index in [0.717, 1.165) is 18.5 Å². The summed E-state index contributed by atoms with van der Waals surface area (Å²) in [5.74, 6) is 0.114. The Morgan fingerprint density at radius 3 is 2.29 bits per heavy atom. The quantitative estimate of drug-likeness (QED) is 0.667. The van der Waals surface area contributed by atoms with Gasteiger partial charge in [0, 0.05) is 23.8 Å². The molecule has 0 aliphatic heterocycles. The predicted molar refractivity (Wildman–Crippen MR) is 110 cm³/mol. The van der Waals surface area contributed by atoms with Crippen molar-refractivity contribution in [2.45, 2.75) is 26.7 Å². The average molecular weight is 371 g/mol. The van der Waals surface area contributed by atoms with E-state index < -0.39 is 0 Å². The summed E-state index contributed by atoms with van der Waals surface area (Å²) in [7, 11) is 0. The first kappa shape index (κ1) is 19.1. The number of hydrogen-bond acceptors (Lipinski definition) is 5. The Morgan fingerprint density at radius 1 is 1.04 bits per heavy atom. The maximum atomic E-state index is 12.4. The van der Waals surface area contributed by atoms with Crippen LogP contribution >= 0.6 is 0 Å². The van der Waals surface area contributed by atoms with Crippen LogP contribution in [0.25, 0.3) is 0 Å². The molecule has 0 fully saturated rings. The Morgan fingerprint density at radius 2 is 1.68 bits per heavy atom. The number of hydrogen-bond donors (Lipinski definition) is 2. The van der Waals surface area contributed by atoms with Crippen molar-refractivity contribution in [1.29, 1.82) is 5.26 Å². The second-order valence-electron chi connectivity index (χ2n) is 6.23. The van der Waals surface area contributed by atoms with E-state index in [4.69, 9.17) is 5.26 Å². The third kappa shape index (κ3) is 4.33. The summed E-state index contributed by atoms with van der Waals surface area (Å²) in [5.41, 5.74) is 4.79. The summed E-state index contributed by atoms with van der Waals surface area (Å²) in [6.07, 6.45) is 4.77. The average Bonchev–Trinajstić information content (AvgIpc) is 2.74. The Kier molecular flexibility index (Phi) is 5.97. The molecule has 28 heavy (non-hydrogen) atoms. The van der Waals surface area contributed by atoms with E-state index in [1.165, 1.54) is 23.5 Å². The standard InChI is InChI=1S/C22H21N5O/c1-3-16-8-6-9-17(4-2)20(16)27-22-24-13-18(14-25-22)21(28)26-19-10-5-7-15(11-19)12-23/h5-11,13-14H,3-4H2,1-2H3,(H,26,28)(H,24,25,27). The maximum absolute atomic E-state index is 12.4. The van der Waals surface area contributed by atoms with Gasteiger partial charge in [-0.15, -0.1) is 0 Å². The topological polar surface area (TPSA) is 90.7 Å². The number of anilines is 3. The van der Waals surface area contributed by atoms with Crippen LogP contribution in [0.2, 0.25) is 0 Å². The van der Waals surface area contributed by atoms with Crippen LogP contribution in [-0.2, 0) is 12.8 Å². The van der Waals surface area contributed by atoms with Crippen LogP contribution in [0.1, 0.15) is 40.9 Å². The highest BCUT2D eigenvalue weighted by molar-refractivity contribution is 6.04. The lowest BCUT2D eigenvalue weighted by Crippen LogP contribution is -2.13. The van der Waals surface area contributed by atoms with Crippen LogP contribution in [0.3, 0.4) is 0 Å². The summed E-state index contributed by atoms with van der Waals surface area (Å²) in [5, 5.41) is 15.0. The van der Waals surface area contributed by atoms with Gasteiger partial charge in [0.2, 0.25) is 5.95 Å². The lowest BCUT2D eigenvalue weighted by molar-refractivity contribution is 0.102. The van der Waals surface area contributed by atoms with Gasteiger partial charge >= 0.3 is 0 Å². The second-order valence-corrected chi connectivity index (χ2v) is 6.23. The highest BCUT2D eigenvalue weighted by Gasteiger charge is 2.11. The van der Waals surface area contributed by atoms with Crippen LogP contribution in [0, 0.1) is 11.3 Å². The lowest BCUT2D eigenvalue weighted by Gasteiger charge is -2.14. The summed E-state index contributed by atoms with van der Waals surface area (Å²) in [4.78, 5) is 21.0. The molecular weight excluding hydrogens is 350 g/mol. The van der Waals surface area contributed by atoms with Crippen LogP contribution in [0.15, 0.2) is 54.9 Å². The minimum absolute atomic E-state index is 0.329. The maximum Gasteiger partial charge on any atom is 0.258 e. The fraction of sp³-hybridized carbons (Fsp3) is 0.182. The molecule has 0 unspecified atom stereocenters. The van der Waals surface area contributed by atoms with Gasteiger partial charge in [0.15, 0.2) is 0 Å². The Balaban J connectivity index is 1.75. The Bertz CT molecular complexity index is 1000. The SMILES string of the molecule is CCc1cccc(CC)c1Nc1ncc(C(=O)Nc2cccc(C#N)c2)cn1. The van der Waals surface area contributed by atoms with Crippen LogP contribution in [0.4, 0.5) is 17.3 Å². The number of aromatic nitrogens is 2. The summed E-state index contributed by atoms with van der Waals surface area (Å²) < 4.78 is 0. The third-order valence-electron chi connectivity index (χ3n) is 4.40. The van der Waals surface area contributed by atoms with Gasteiger partial charge in [0.1, 0.15) is 0 Å². The van der Waals surface area contributed by atoms with E-state index in [1.54, 1.807) is 24.3 Å². The molecule has 0 aliphatic rings. The molecule has 2 aromatic carbocycles. The number of nitriles is 1. The van der Waals surface area contributed by atoms with Crippen molar-refractivity contribution in [2.75, 3.05) is 10.6 Å². The minimum atomic E-state index is -0.329. The number of amides is 1. The molecule has 2 N–H and O–H groups in total. The van der Waals surface area contributed by atoms with E-state index in [2.05, 4.69) is 52.6 Å². The fourth-order valence-electron chi connectivity index (χ4n) is 2.89. The first-order valence-electron chi connectivity index (χ1n) is 9.16. The van der Waals surface area contributed by atoms with Gasteiger partial charge in [-0.1, -0.05) is 38.1 Å². The molecule has 0 atom stereocenters. The molecule has 0 spiro atoms. The van der Waals surface area contributed by atoms with Crippen molar-refractivity contribution < 1.29 is 4.79 Å².